The number of aliphatic hydroxyl groups excluding tert-OH is 1. The number of piperidine rings is 1. The number of hydrogen-bond donors (Lipinski definition) is 2. The molecular weight excluding hydrogens is 374 g/mol. The molecule has 6 nitrogen and oxygen atoms in total. The van der Waals surface area contributed by atoms with Crippen molar-refractivity contribution in [3.8, 4) is 0 Å². The van der Waals surface area contributed by atoms with Crippen LogP contribution in [0.3, 0.4) is 0 Å². The lowest BCUT2D eigenvalue weighted by Gasteiger charge is -2.48. The molecule has 1 aliphatic carbocycles. The molecule has 6 heteroatoms. The number of aliphatic hydroxyl groups is 1. The summed E-state index contributed by atoms with van der Waals surface area (Å²) in [5, 5.41) is 17.5. The zero-order chi connectivity index (χ0) is 20.9. The largest absolute Gasteiger partial charge is 0.396 e. The van der Waals surface area contributed by atoms with Crippen LogP contribution < -0.4 is 0 Å². The Balaban J connectivity index is 1.35. The second-order valence-electron chi connectivity index (χ2n) is 10.1. The van der Waals surface area contributed by atoms with Crippen molar-refractivity contribution in [2.45, 2.75) is 95.8 Å². The fourth-order valence-corrected chi connectivity index (χ4v) is 6.13. The maximum absolute atomic E-state index is 9.74. The monoisotopic (exact) mass is 417 g/mol. The average Bonchev–Trinajstić information content (AvgIpc) is 3.23. The molecule has 0 aromatic carbocycles. The number of aromatic amines is 1. The molecule has 0 amide bonds. The summed E-state index contributed by atoms with van der Waals surface area (Å²) in [5.41, 5.74) is 2.81. The van der Waals surface area contributed by atoms with Gasteiger partial charge in [-0.25, -0.2) is 0 Å². The molecule has 0 bridgehead atoms. The molecule has 1 aromatic rings. The van der Waals surface area contributed by atoms with Crippen LogP contribution in [0.15, 0.2) is 6.20 Å². The first kappa shape index (κ1) is 22.3. The van der Waals surface area contributed by atoms with Gasteiger partial charge in [-0.1, -0.05) is 19.3 Å². The zero-order valence-corrected chi connectivity index (χ0v) is 19.2. The van der Waals surface area contributed by atoms with Crippen molar-refractivity contribution in [1.82, 2.24) is 24.9 Å². The van der Waals surface area contributed by atoms with Gasteiger partial charge in [0.2, 0.25) is 0 Å². The molecule has 2 saturated heterocycles. The summed E-state index contributed by atoms with van der Waals surface area (Å²) in [7, 11) is 0. The van der Waals surface area contributed by atoms with E-state index in [1.54, 1.807) is 0 Å². The van der Waals surface area contributed by atoms with Crippen molar-refractivity contribution >= 4 is 0 Å². The SMILES string of the molecule is CC(C)N1CCC(N2CCN(Cc3cn[nH]c3C3CCCCC3)CC2CCO)CC1. The molecule has 170 valence electrons. The van der Waals surface area contributed by atoms with E-state index in [1.165, 1.54) is 69.3 Å². The summed E-state index contributed by atoms with van der Waals surface area (Å²) in [4.78, 5) is 7.96. The fourth-order valence-electron chi connectivity index (χ4n) is 6.13. The van der Waals surface area contributed by atoms with Gasteiger partial charge >= 0.3 is 0 Å². The Labute approximate surface area is 183 Å². The molecule has 3 heterocycles. The van der Waals surface area contributed by atoms with Gasteiger partial charge in [-0.05, 0) is 59.0 Å². The molecular formula is C24H43N5O. The van der Waals surface area contributed by atoms with Gasteiger partial charge in [0.05, 0.1) is 6.20 Å². The number of likely N-dealkylation sites (tertiary alicyclic amines) is 1. The molecule has 1 atom stereocenters. The summed E-state index contributed by atoms with van der Waals surface area (Å²) >= 11 is 0. The van der Waals surface area contributed by atoms with Crippen LogP contribution in [-0.4, -0.2) is 87.5 Å². The van der Waals surface area contributed by atoms with E-state index in [-0.39, 0.29) is 0 Å². The van der Waals surface area contributed by atoms with Crippen molar-refractivity contribution in [2.75, 3.05) is 39.3 Å². The highest BCUT2D eigenvalue weighted by Crippen LogP contribution is 2.34. The van der Waals surface area contributed by atoms with Gasteiger partial charge in [-0.2, -0.15) is 5.10 Å². The second kappa shape index (κ2) is 10.6. The van der Waals surface area contributed by atoms with Gasteiger partial charge in [-0.3, -0.25) is 14.9 Å². The van der Waals surface area contributed by atoms with Crippen LogP contribution in [0.1, 0.15) is 82.4 Å². The average molecular weight is 418 g/mol. The highest BCUT2D eigenvalue weighted by molar-refractivity contribution is 5.21. The Morgan fingerprint density at radius 3 is 2.53 bits per heavy atom. The number of rotatable bonds is 7. The first-order valence-corrected chi connectivity index (χ1v) is 12.5. The van der Waals surface area contributed by atoms with Gasteiger partial charge in [0.1, 0.15) is 0 Å². The highest BCUT2D eigenvalue weighted by Gasteiger charge is 2.34. The Kier molecular flexibility index (Phi) is 7.85. The lowest BCUT2D eigenvalue weighted by molar-refractivity contribution is -0.000126. The normalized spacial score (nSPS) is 26.6. The van der Waals surface area contributed by atoms with Crippen LogP contribution in [0.5, 0.6) is 0 Å². The molecule has 1 aromatic heterocycles. The van der Waals surface area contributed by atoms with Crippen LogP contribution >= 0.6 is 0 Å². The number of nitrogens with zero attached hydrogens (tertiary/aromatic N) is 4. The molecule has 0 spiro atoms. The minimum absolute atomic E-state index is 0.291. The maximum Gasteiger partial charge on any atom is 0.0535 e. The van der Waals surface area contributed by atoms with Gasteiger partial charge < -0.3 is 10.0 Å². The predicted octanol–water partition coefficient (Wildman–Crippen LogP) is 3.20. The molecule has 0 radical (unpaired) electrons. The van der Waals surface area contributed by atoms with Gasteiger partial charge in [0, 0.05) is 68.1 Å². The summed E-state index contributed by atoms with van der Waals surface area (Å²) in [6, 6.07) is 1.82. The zero-order valence-electron chi connectivity index (χ0n) is 19.2. The quantitative estimate of drug-likeness (QED) is 0.713. The Morgan fingerprint density at radius 2 is 1.83 bits per heavy atom. The smallest absolute Gasteiger partial charge is 0.0535 e. The van der Waals surface area contributed by atoms with Crippen molar-refractivity contribution in [1.29, 1.82) is 0 Å². The summed E-state index contributed by atoms with van der Waals surface area (Å²) < 4.78 is 0. The topological polar surface area (TPSA) is 58.6 Å². The summed E-state index contributed by atoms with van der Waals surface area (Å²) in [6.07, 6.45) is 12.2. The molecule has 1 unspecified atom stereocenters. The third kappa shape index (κ3) is 5.26. The van der Waals surface area contributed by atoms with Crippen LogP contribution in [0.4, 0.5) is 0 Å². The molecule has 3 fully saturated rings. The first-order valence-electron chi connectivity index (χ1n) is 12.5. The van der Waals surface area contributed by atoms with Crippen molar-refractivity contribution in [2.24, 2.45) is 0 Å². The summed E-state index contributed by atoms with van der Waals surface area (Å²) in [5.74, 6) is 0.678. The first-order chi connectivity index (χ1) is 14.7. The maximum atomic E-state index is 9.74. The van der Waals surface area contributed by atoms with E-state index in [0.717, 1.165) is 32.6 Å². The molecule has 3 aliphatic rings. The predicted molar refractivity (Wildman–Crippen MR) is 122 cm³/mol. The molecule has 1 saturated carbocycles. The number of aromatic nitrogens is 2. The number of H-pyrrole nitrogens is 1. The van der Waals surface area contributed by atoms with Crippen molar-refractivity contribution in [3.63, 3.8) is 0 Å². The van der Waals surface area contributed by atoms with E-state index in [1.807, 2.05) is 0 Å². The Hall–Kier alpha value is -0.950. The van der Waals surface area contributed by atoms with Gasteiger partial charge in [0.15, 0.2) is 0 Å². The molecule has 2 aliphatic heterocycles. The van der Waals surface area contributed by atoms with E-state index in [0.29, 0.717) is 30.7 Å². The van der Waals surface area contributed by atoms with Crippen molar-refractivity contribution in [3.05, 3.63) is 17.5 Å². The Bertz CT molecular complexity index is 633. The lowest BCUT2D eigenvalue weighted by Crippen LogP contribution is -2.58. The Morgan fingerprint density at radius 1 is 1.07 bits per heavy atom. The van der Waals surface area contributed by atoms with E-state index in [4.69, 9.17) is 0 Å². The van der Waals surface area contributed by atoms with E-state index in [2.05, 4.69) is 44.9 Å². The number of hydrogen-bond acceptors (Lipinski definition) is 5. The van der Waals surface area contributed by atoms with Crippen LogP contribution in [0.2, 0.25) is 0 Å². The minimum atomic E-state index is 0.291. The standard InChI is InChI=1S/C24H43N5O/c1-19(2)28-11-8-22(9-12-28)29-14-13-27(18-23(29)10-15-30)17-21-16-25-26-24(21)20-6-4-3-5-7-20/h16,19-20,22-23,30H,3-15,17-18H2,1-2H3,(H,25,26). The molecule has 4 rings (SSSR count). The van der Waals surface area contributed by atoms with Crippen molar-refractivity contribution < 1.29 is 5.11 Å². The third-order valence-corrected chi connectivity index (χ3v) is 7.93. The van der Waals surface area contributed by atoms with E-state index >= 15 is 0 Å². The fraction of sp³-hybridized carbons (Fsp3) is 0.875. The van der Waals surface area contributed by atoms with Crippen LogP contribution in [-0.2, 0) is 6.54 Å². The lowest BCUT2D eigenvalue weighted by atomic mass is 9.85. The molecule has 2 N–H and O–H groups in total. The highest BCUT2D eigenvalue weighted by atomic mass is 16.3. The van der Waals surface area contributed by atoms with E-state index in [9.17, 15) is 5.11 Å². The molecule has 30 heavy (non-hydrogen) atoms. The third-order valence-electron chi connectivity index (χ3n) is 7.93. The van der Waals surface area contributed by atoms with Crippen LogP contribution in [0, 0.1) is 0 Å². The number of nitrogens with one attached hydrogen (secondary N) is 1. The second-order valence-corrected chi connectivity index (χ2v) is 10.1. The minimum Gasteiger partial charge on any atom is -0.396 e. The number of piperazine rings is 1. The van der Waals surface area contributed by atoms with E-state index < -0.39 is 0 Å². The van der Waals surface area contributed by atoms with Gasteiger partial charge in [0.25, 0.3) is 0 Å². The van der Waals surface area contributed by atoms with Gasteiger partial charge in [-0.15, -0.1) is 0 Å². The van der Waals surface area contributed by atoms with Crippen LogP contribution in [0.25, 0.3) is 0 Å². The summed E-state index contributed by atoms with van der Waals surface area (Å²) in [6.45, 7) is 11.7.